The summed E-state index contributed by atoms with van der Waals surface area (Å²) in [4.78, 5) is 28.7. The molecule has 0 saturated carbocycles. The van der Waals surface area contributed by atoms with E-state index in [2.05, 4.69) is 0 Å². The Morgan fingerprint density at radius 1 is 1.29 bits per heavy atom. The number of carboxylic acid groups (broad SMARTS) is 1. The molecule has 1 atom stereocenters. The van der Waals surface area contributed by atoms with Crippen molar-refractivity contribution in [2.45, 2.75) is 12.1 Å². The first kappa shape index (κ1) is 13.6. The molecule has 3 N–H and O–H groups in total. The topological polar surface area (TPSA) is 94.8 Å². The van der Waals surface area contributed by atoms with Crippen molar-refractivity contribution in [1.82, 2.24) is 0 Å². The third-order valence-corrected chi connectivity index (χ3v) is 3.31. The number of rotatable bonds is 5. The van der Waals surface area contributed by atoms with Crippen LogP contribution in [-0.2, 0) is 9.36 Å². The van der Waals surface area contributed by atoms with Gasteiger partial charge in [-0.05, 0) is 5.56 Å². The average Bonchev–Trinajstić information content (AvgIpc) is 2.23. The molecule has 0 radical (unpaired) electrons. The Morgan fingerprint density at radius 3 is 2.35 bits per heavy atom. The molecule has 0 aliphatic heterocycles. The zero-order valence-electron chi connectivity index (χ0n) is 8.93. The summed E-state index contributed by atoms with van der Waals surface area (Å²) in [7, 11) is -4.34. The minimum atomic E-state index is -4.34. The van der Waals surface area contributed by atoms with Gasteiger partial charge in [0, 0.05) is 0 Å². The van der Waals surface area contributed by atoms with Gasteiger partial charge in [0.05, 0.1) is 6.42 Å². The summed E-state index contributed by atoms with van der Waals surface area (Å²) in [5.74, 6) is -1.04. The molecule has 0 aromatic heterocycles. The van der Waals surface area contributed by atoms with E-state index >= 15 is 0 Å². The first-order valence-electron chi connectivity index (χ1n) is 4.90. The molecule has 5 nitrogen and oxygen atoms in total. The molecule has 0 aliphatic carbocycles. The average molecular weight is 256 g/mol. The smallest absolute Gasteiger partial charge is 0.336 e. The van der Waals surface area contributed by atoms with Gasteiger partial charge in [0.2, 0.25) is 0 Å². The normalized spacial score (nSPS) is 13.8. The van der Waals surface area contributed by atoms with Gasteiger partial charge in [-0.15, -0.1) is 0 Å². The second-order valence-corrected chi connectivity index (χ2v) is 5.21. The van der Waals surface area contributed by atoms with Gasteiger partial charge in [-0.1, -0.05) is 42.5 Å². The number of allylic oxidation sites excluding steroid dienone is 1. The fraction of sp³-hybridized carbons (Fsp3) is 0.182. The third-order valence-electron chi connectivity index (χ3n) is 2.11. The van der Waals surface area contributed by atoms with Crippen LogP contribution in [0, 0.1) is 0 Å². The number of aliphatic carboxylic acids is 1. The number of hydrogen-bond donors (Lipinski definition) is 3. The van der Waals surface area contributed by atoms with E-state index in [0.29, 0.717) is 5.56 Å². The molecule has 1 unspecified atom stereocenters. The van der Waals surface area contributed by atoms with Gasteiger partial charge in [-0.3, -0.25) is 9.36 Å². The van der Waals surface area contributed by atoms with Gasteiger partial charge in [0.1, 0.15) is 5.66 Å². The third kappa shape index (κ3) is 4.53. The fourth-order valence-electron chi connectivity index (χ4n) is 1.37. The van der Waals surface area contributed by atoms with E-state index in [-0.39, 0.29) is 6.42 Å². The molecule has 1 aromatic carbocycles. The quantitative estimate of drug-likeness (QED) is 0.552. The van der Waals surface area contributed by atoms with E-state index < -0.39 is 19.2 Å². The first-order chi connectivity index (χ1) is 7.91. The maximum Gasteiger partial charge on any atom is 0.336 e. The Bertz CT molecular complexity index is 448. The van der Waals surface area contributed by atoms with E-state index in [9.17, 15) is 19.1 Å². The van der Waals surface area contributed by atoms with Crippen molar-refractivity contribution in [3.8, 4) is 0 Å². The predicted molar refractivity (Wildman–Crippen MR) is 62.6 cm³/mol. The zero-order chi connectivity index (χ0) is 12.9. The molecule has 17 heavy (non-hydrogen) atoms. The number of carboxylic acids is 1. The van der Waals surface area contributed by atoms with E-state index in [1.54, 1.807) is 30.3 Å². The van der Waals surface area contributed by atoms with Gasteiger partial charge >= 0.3 is 13.6 Å². The van der Waals surface area contributed by atoms with Crippen molar-refractivity contribution in [1.29, 1.82) is 0 Å². The molecule has 0 saturated heterocycles. The molecule has 0 aliphatic rings. The summed E-state index contributed by atoms with van der Waals surface area (Å²) in [6, 6.07) is 8.26. The van der Waals surface area contributed by atoms with Gasteiger partial charge < -0.3 is 14.9 Å². The molecule has 1 rings (SSSR count). The van der Waals surface area contributed by atoms with Crippen molar-refractivity contribution in [3.05, 3.63) is 48.0 Å². The summed E-state index contributed by atoms with van der Waals surface area (Å²) in [6.07, 6.45) is 2.23. The second-order valence-electron chi connectivity index (χ2n) is 3.47. The van der Waals surface area contributed by atoms with Crippen molar-refractivity contribution in [2.24, 2.45) is 0 Å². The van der Waals surface area contributed by atoms with Crippen LogP contribution in [0.5, 0.6) is 0 Å². The van der Waals surface area contributed by atoms with Crippen LogP contribution in [0.15, 0.2) is 42.5 Å². The summed E-state index contributed by atoms with van der Waals surface area (Å²) in [5, 5.41) is 8.45. The van der Waals surface area contributed by atoms with Crippen LogP contribution in [0.25, 0.3) is 0 Å². The van der Waals surface area contributed by atoms with Crippen molar-refractivity contribution in [3.63, 3.8) is 0 Å². The Hall–Kier alpha value is -1.42. The lowest BCUT2D eigenvalue weighted by Crippen LogP contribution is -1.97. The van der Waals surface area contributed by atoms with Crippen LogP contribution >= 0.6 is 7.60 Å². The molecular weight excluding hydrogens is 243 g/mol. The van der Waals surface area contributed by atoms with E-state index in [4.69, 9.17) is 5.11 Å². The molecule has 1 aromatic rings. The first-order valence-corrected chi connectivity index (χ1v) is 6.58. The lowest BCUT2D eigenvalue weighted by atomic mass is 10.1. The van der Waals surface area contributed by atoms with Gasteiger partial charge in [-0.25, -0.2) is 0 Å². The van der Waals surface area contributed by atoms with E-state index in [1.165, 1.54) is 12.2 Å². The predicted octanol–water partition coefficient (Wildman–Crippen LogP) is 1.94. The monoisotopic (exact) mass is 256 g/mol. The number of hydrogen-bond acceptors (Lipinski definition) is 2. The lowest BCUT2D eigenvalue weighted by Gasteiger charge is -2.14. The highest BCUT2D eigenvalue weighted by atomic mass is 31.2. The Kier molecular flexibility index (Phi) is 4.63. The largest absolute Gasteiger partial charge is 0.481 e. The molecule has 6 heteroatoms. The summed E-state index contributed by atoms with van der Waals surface area (Å²) in [6.45, 7) is 0. The van der Waals surface area contributed by atoms with Crippen LogP contribution in [-0.4, -0.2) is 20.9 Å². The summed E-state index contributed by atoms with van der Waals surface area (Å²) < 4.78 is 11.3. The van der Waals surface area contributed by atoms with Gasteiger partial charge in [0.15, 0.2) is 0 Å². The number of benzene rings is 1. The summed E-state index contributed by atoms with van der Waals surface area (Å²) >= 11 is 0. The molecule has 0 heterocycles. The highest BCUT2D eigenvalue weighted by molar-refractivity contribution is 7.52. The van der Waals surface area contributed by atoms with Crippen molar-refractivity contribution < 1.29 is 24.3 Å². The minimum absolute atomic E-state index is 0.261. The maximum absolute atomic E-state index is 11.3. The van der Waals surface area contributed by atoms with Crippen LogP contribution in [0.4, 0.5) is 0 Å². The molecule has 0 fully saturated rings. The van der Waals surface area contributed by atoms with E-state index in [1.807, 2.05) is 0 Å². The van der Waals surface area contributed by atoms with Crippen molar-refractivity contribution >= 4 is 13.6 Å². The van der Waals surface area contributed by atoms with E-state index in [0.717, 1.165) is 0 Å². The summed E-state index contributed by atoms with van der Waals surface area (Å²) in [5.41, 5.74) is -0.634. The number of carbonyl (C=O) groups is 1. The fourth-order valence-corrected chi connectivity index (χ4v) is 2.27. The molecule has 0 spiro atoms. The second kappa shape index (κ2) is 5.77. The van der Waals surface area contributed by atoms with Gasteiger partial charge in [-0.2, -0.15) is 0 Å². The Balaban J connectivity index is 2.94. The standard InChI is InChI=1S/C11H13O5P/c12-11(13)8-4-7-10(17(14,15)16)9-5-2-1-3-6-9/h1-7,10H,8H2,(H,12,13)(H2,14,15,16). The van der Waals surface area contributed by atoms with Crippen LogP contribution in [0.3, 0.4) is 0 Å². The highest BCUT2D eigenvalue weighted by Gasteiger charge is 2.27. The molecular formula is C11H13O5P. The van der Waals surface area contributed by atoms with Crippen LogP contribution < -0.4 is 0 Å². The van der Waals surface area contributed by atoms with Crippen LogP contribution in [0.2, 0.25) is 0 Å². The molecule has 0 amide bonds. The molecule has 0 bridgehead atoms. The Labute approximate surface area is 98.6 Å². The maximum atomic E-state index is 11.3. The zero-order valence-corrected chi connectivity index (χ0v) is 9.83. The van der Waals surface area contributed by atoms with Crippen molar-refractivity contribution in [2.75, 3.05) is 0 Å². The Morgan fingerprint density at radius 2 is 1.88 bits per heavy atom. The SMILES string of the molecule is O=C(O)CC=CC(c1ccccc1)P(=O)(O)O. The highest BCUT2D eigenvalue weighted by Crippen LogP contribution is 2.52. The molecule has 92 valence electrons. The van der Waals surface area contributed by atoms with Crippen LogP contribution in [0.1, 0.15) is 17.6 Å². The lowest BCUT2D eigenvalue weighted by molar-refractivity contribution is -0.136. The van der Waals surface area contributed by atoms with Gasteiger partial charge in [0.25, 0.3) is 0 Å². The minimum Gasteiger partial charge on any atom is -0.481 e.